The third-order valence-corrected chi connectivity index (χ3v) is 4.57. The summed E-state index contributed by atoms with van der Waals surface area (Å²) in [5.41, 5.74) is 0.554. The number of hydrogen-bond acceptors (Lipinski definition) is 5. The first kappa shape index (κ1) is 17.6. The molecule has 1 saturated carbocycles. The minimum Gasteiger partial charge on any atom is -0.480 e. The third-order valence-electron chi connectivity index (χ3n) is 3.61. The Bertz CT molecular complexity index is 546. The van der Waals surface area contributed by atoms with Gasteiger partial charge in [0.1, 0.15) is 10.9 Å². The number of carboxylic acid groups (broad SMARTS) is 1. The first-order valence-electron chi connectivity index (χ1n) is 7.66. The second kappa shape index (κ2) is 7.68. The summed E-state index contributed by atoms with van der Waals surface area (Å²) < 4.78 is 8.01. The van der Waals surface area contributed by atoms with Crippen molar-refractivity contribution in [3.8, 4) is 0 Å². The topological polar surface area (TPSA) is 88.5 Å². The number of carbonyl (C=O) groups is 2. The van der Waals surface area contributed by atoms with Gasteiger partial charge in [0.05, 0.1) is 0 Å². The van der Waals surface area contributed by atoms with E-state index in [-0.39, 0.29) is 5.92 Å². The first-order chi connectivity index (χ1) is 10.9. The van der Waals surface area contributed by atoms with E-state index in [4.69, 9.17) is 9.84 Å². The number of aliphatic carboxylic acids is 1. The predicted molar refractivity (Wildman–Crippen MR) is 88.0 cm³/mol. The van der Waals surface area contributed by atoms with Crippen molar-refractivity contribution in [2.75, 3.05) is 0 Å². The summed E-state index contributed by atoms with van der Waals surface area (Å²) in [6.45, 7) is 3.89. The fourth-order valence-electron chi connectivity index (χ4n) is 2.29. The molecule has 0 unspecified atom stereocenters. The van der Waals surface area contributed by atoms with Gasteiger partial charge in [0.15, 0.2) is 0 Å². The Kier molecular flexibility index (Phi) is 5.87. The Balaban J connectivity index is 1.81. The quantitative estimate of drug-likeness (QED) is 0.708. The van der Waals surface area contributed by atoms with Crippen LogP contribution in [0.1, 0.15) is 38.7 Å². The van der Waals surface area contributed by atoms with Crippen molar-refractivity contribution < 1.29 is 19.4 Å². The monoisotopic (exact) mass is 338 g/mol. The second-order valence-corrected chi connectivity index (χ2v) is 7.30. The summed E-state index contributed by atoms with van der Waals surface area (Å²) in [6.07, 6.45) is 5.64. The van der Waals surface area contributed by atoms with Gasteiger partial charge in [-0.3, -0.25) is 14.5 Å². The Morgan fingerprint density at radius 2 is 2.22 bits per heavy atom. The number of nitrogens with zero attached hydrogens (tertiary/aromatic N) is 1. The average Bonchev–Trinajstić information content (AvgIpc) is 3.23. The zero-order valence-corrected chi connectivity index (χ0v) is 14.1. The van der Waals surface area contributed by atoms with Gasteiger partial charge in [-0.2, -0.15) is 0 Å². The van der Waals surface area contributed by atoms with Gasteiger partial charge in [-0.1, -0.05) is 19.9 Å². The molecule has 1 aromatic heterocycles. The summed E-state index contributed by atoms with van der Waals surface area (Å²) in [4.78, 5) is 27.2. The lowest BCUT2D eigenvalue weighted by molar-refractivity contribution is -0.136. The van der Waals surface area contributed by atoms with E-state index in [2.05, 4.69) is 9.71 Å². The normalized spacial score (nSPS) is 16.7. The molecule has 23 heavy (non-hydrogen) atoms. The molecule has 1 heterocycles. The second-order valence-electron chi connectivity index (χ2n) is 6.29. The predicted octanol–water partition coefficient (Wildman–Crippen LogP) is 3.03. The van der Waals surface area contributed by atoms with E-state index in [1.54, 1.807) is 12.4 Å². The van der Waals surface area contributed by atoms with Crippen molar-refractivity contribution in [1.29, 1.82) is 0 Å². The van der Waals surface area contributed by atoms with Gasteiger partial charge < -0.3 is 9.84 Å². The van der Waals surface area contributed by atoms with Crippen molar-refractivity contribution in [2.45, 2.75) is 50.4 Å². The highest BCUT2D eigenvalue weighted by Crippen LogP contribution is 2.42. The van der Waals surface area contributed by atoms with Crippen molar-refractivity contribution in [3.63, 3.8) is 0 Å². The van der Waals surface area contributed by atoms with Crippen LogP contribution >= 0.6 is 11.9 Å². The molecule has 0 spiro atoms. The van der Waals surface area contributed by atoms with E-state index in [0.29, 0.717) is 12.8 Å². The maximum absolute atomic E-state index is 11.9. The van der Waals surface area contributed by atoms with Crippen molar-refractivity contribution >= 4 is 24.0 Å². The number of amides is 1. The standard InChI is InChI=1S/C16H22N2O4S/c1-11(2)8-13(14(19)20)23-18-15(21)22-16(5-6-16)9-12-4-3-7-17-10-12/h3-4,7,10-11,13H,5-6,8-9H2,1-2H3,(H,18,21)(H,19,20)/t13-/m0/s1. The number of hydrogen-bond donors (Lipinski definition) is 2. The largest absolute Gasteiger partial charge is 0.480 e. The summed E-state index contributed by atoms with van der Waals surface area (Å²) in [7, 11) is 0. The van der Waals surface area contributed by atoms with Gasteiger partial charge in [0, 0.05) is 18.8 Å². The smallest absolute Gasteiger partial charge is 0.417 e. The molecule has 0 radical (unpaired) electrons. The van der Waals surface area contributed by atoms with Gasteiger partial charge in [-0.25, -0.2) is 4.79 Å². The van der Waals surface area contributed by atoms with E-state index in [0.717, 1.165) is 30.4 Å². The van der Waals surface area contributed by atoms with Crippen molar-refractivity contribution in [3.05, 3.63) is 30.1 Å². The Hall–Kier alpha value is -1.76. The molecule has 1 aliphatic rings. The molecular weight excluding hydrogens is 316 g/mol. The number of pyridine rings is 1. The molecule has 1 amide bonds. The maximum Gasteiger partial charge on any atom is 0.417 e. The number of ether oxygens (including phenoxy) is 1. The zero-order valence-electron chi connectivity index (χ0n) is 13.3. The van der Waals surface area contributed by atoms with Gasteiger partial charge in [-0.15, -0.1) is 0 Å². The minimum atomic E-state index is -0.930. The maximum atomic E-state index is 11.9. The van der Waals surface area contributed by atoms with E-state index in [1.807, 2.05) is 26.0 Å². The van der Waals surface area contributed by atoms with Crippen LogP contribution in [0.5, 0.6) is 0 Å². The van der Waals surface area contributed by atoms with Gasteiger partial charge in [0.25, 0.3) is 0 Å². The number of nitrogens with one attached hydrogen (secondary N) is 1. The molecule has 6 nitrogen and oxygen atoms in total. The SMILES string of the molecule is CC(C)C[C@H](SNC(=O)OC1(Cc2cccnc2)CC1)C(=O)O. The molecular formula is C16H22N2O4S. The van der Waals surface area contributed by atoms with Crippen LogP contribution in [-0.2, 0) is 16.0 Å². The number of carboxylic acids is 1. The van der Waals surface area contributed by atoms with Crippen LogP contribution in [-0.4, -0.2) is 33.0 Å². The van der Waals surface area contributed by atoms with Crippen LogP contribution < -0.4 is 4.72 Å². The molecule has 0 aliphatic heterocycles. The highest BCUT2D eigenvalue weighted by molar-refractivity contribution is 7.99. The highest BCUT2D eigenvalue weighted by Gasteiger charge is 2.47. The molecule has 126 valence electrons. The lowest BCUT2D eigenvalue weighted by Crippen LogP contribution is -2.31. The van der Waals surface area contributed by atoms with Crippen LogP contribution in [0, 0.1) is 5.92 Å². The van der Waals surface area contributed by atoms with E-state index >= 15 is 0 Å². The average molecular weight is 338 g/mol. The summed E-state index contributed by atoms with van der Waals surface area (Å²) >= 11 is 0.904. The lowest BCUT2D eigenvalue weighted by atomic mass is 10.1. The fourth-order valence-corrected chi connectivity index (χ4v) is 3.16. The molecule has 0 saturated heterocycles. The molecule has 2 rings (SSSR count). The van der Waals surface area contributed by atoms with E-state index in [9.17, 15) is 9.59 Å². The zero-order chi connectivity index (χ0) is 16.9. The molecule has 1 aliphatic carbocycles. The summed E-state index contributed by atoms with van der Waals surface area (Å²) in [5.74, 6) is -0.692. The highest BCUT2D eigenvalue weighted by atomic mass is 32.2. The fraction of sp³-hybridized carbons (Fsp3) is 0.562. The third kappa shape index (κ3) is 5.74. The van der Waals surface area contributed by atoms with Crippen LogP contribution in [0.3, 0.4) is 0 Å². The number of carbonyl (C=O) groups excluding carboxylic acids is 1. The Labute approximate surface area is 140 Å². The molecule has 1 atom stereocenters. The van der Waals surface area contributed by atoms with Gasteiger partial charge in [0.2, 0.25) is 0 Å². The van der Waals surface area contributed by atoms with E-state index in [1.165, 1.54) is 0 Å². The molecule has 1 aromatic rings. The molecule has 2 N–H and O–H groups in total. The van der Waals surface area contributed by atoms with E-state index < -0.39 is 22.9 Å². The van der Waals surface area contributed by atoms with Crippen LogP contribution in [0.15, 0.2) is 24.5 Å². The van der Waals surface area contributed by atoms with Crippen LogP contribution in [0.25, 0.3) is 0 Å². The molecule has 0 bridgehead atoms. The van der Waals surface area contributed by atoms with Gasteiger partial charge >= 0.3 is 12.1 Å². The molecule has 1 fully saturated rings. The summed E-state index contributed by atoms with van der Waals surface area (Å²) in [6, 6.07) is 3.80. The van der Waals surface area contributed by atoms with Gasteiger partial charge in [-0.05, 0) is 48.8 Å². The number of aromatic nitrogens is 1. The first-order valence-corrected chi connectivity index (χ1v) is 8.54. The van der Waals surface area contributed by atoms with Crippen molar-refractivity contribution in [2.24, 2.45) is 5.92 Å². The molecule has 7 heteroatoms. The Morgan fingerprint density at radius 1 is 1.48 bits per heavy atom. The lowest BCUT2D eigenvalue weighted by Gasteiger charge is -2.18. The summed E-state index contributed by atoms with van der Waals surface area (Å²) in [5, 5.41) is 8.48. The Morgan fingerprint density at radius 3 is 2.74 bits per heavy atom. The van der Waals surface area contributed by atoms with Crippen LogP contribution in [0.4, 0.5) is 4.79 Å². The van der Waals surface area contributed by atoms with Crippen molar-refractivity contribution in [1.82, 2.24) is 9.71 Å². The number of rotatable bonds is 8. The molecule has 0 aromatic carbocycles. The minimum absolute atomic E-state index is 0.238. The van der Waals surface area contributed by atoms with Crippen LogP contribution in [0.2, 0.25) is 0 Å².